The predicted octanol–water partition coefficient (Wildman–Crippen LogP) is 3.51. The van der Waals surface area contributed by atoms with Crippen LogP contribution in [0, 0.1) is 0 Å². The molecule has 0 aromatic heterocycles. The third-order valence-corrected chi connectivity index (χ3v) is 3.58. The van der Waals surface area contributed by atoms with Crippen molar-refractivity contribution in [2.75, 3.05) is 28.4 Å². The van der Waals surface area contributed by atoms with Crippen molar-refractivity contribution in [3.63, 3.8) is 0 Å². The van der Waals surface area contributed by atoms with Crippen LogP contribution in [0.5, 0.6) is 23.0 Å². The molecule has 118 valence electrons. The summed E-state index contributed by atoms with van der Waals surface area (Å²) in [5.41, 5.74) is 2.27. The molecule has 2 rings (SSSR count). The molecule has 0 heterocycles. The van der Waals surface area contributed by atoms with Gasteiger partial charge in [0.2, 0.25) is 0 Å². The molecule has 4 heteroatoms. The minimum Gasteiger partial charge on any atom is -0.497 e. The van der Waals surface area contributed by atoms with Gasteiger partial charge in [0.1, 0.15) is 23.0 Å². The average molecular weight is 302 g/mol. The SMILES string of the molecule is COc1cc(CCc2cc(OC)ccc2OC)cc(OC)c1. The maximum absolute atomic E-state index is 5.42. The van der Waals surface area contributed by atoms with Gasteiger partial charge >= 0.3 is 0 Å². The van der Waals surface area contributed by atoms with Gasteiger partial charge < -0.3 is 18.9 Å². The molecular formula is C18H22O4. The topological polar surface area (TPSA) is 36.9 Å². The van der Waals surface area contributed by atoms with Crippen molar-refractivity contribution in [3.8, 4) is 23.0 Å². The number of methoxy groups -OCH3 is 4. The van der Waals surface area contributed by atoms with Gasteiger partial charge in [-0.1, -0.05) is 0 Å². The number of aryl methyl sites for hydroxylation is 2. The molecular weight excluding hydrogens is 280 g/mol. The first-order chi connectivity index (χ1) is 10.7. The van der Waals surface area contributed by atoms with Crippen LogP contribution in [0.1, 0.15) is 11.1 Å². The Labute approximate surface area is 131 Å². The second-order valence-electron chi connectivity index (χ2n) is 4.90. The second-order valence-corrected chi connectivity index (χ2v) is 4.90. The zero-order valence-electron chi connectivity index (χ0n) is 13.5. The highest BCUT2D eigenvalue weighted by atomic mass is 16.5. The van der Waals surface area contributed by atoms with E-state index in [-0.39, 0.29) is 0 Å². The van der Waals surface area contributed by atoms with E-state index >= 15 is 0 Å². The van der Waals surface area contributed by atoms with Crippen molar-refractivity contribution >= 4 is 0 Å². The second kappa shape index (κ2) is 7.59. The van der Waals surface area contributed by atoms with Gasteiger partial charge in [-0.05, 0) is 54.3 Å². The first-order valence-corrected chi connectivity index (χ1v) is 7.13. The number of hydrogen-bond acceptors (Lipinski definition) is 4. The molecule has 0 saturated carbocycles. The number of hydrogen-bond donors (Lipinski definition) is 0. The lowest BCUT2D eigenvalue weighted by molar-refractivity contribution is 0.393. The van der Waals surface area contributed by atoms with Crippen molar-refractivity contribution in [1.29, 1.82) is 0 Å². The van der Waals surface area contributed by atoms with Gasteiger partial charge in [-0.25, -0.2) is 0 Å². The van der Waals surface area contributed by atoms with E-state index in [1.165, 1.54) is 0 Å². The smallest absolute Gasteiger partial charge is 0.122 e. The minimum absolute atomic E-state index is 0.798. The van der Waals surface area contributed by atoms with Crippen LogP contribution in [0.3, 0.4) is 0 Å². The Balaban J connectivity index is 2.19. The predicted molar refractivity (Wildman–Crippen MR) is 86.5 cm³/mol. The molecule has 2 aromatic rings. The molecule has 0 saturated heterocycles. The Bertz CT molecular complexity index is 600. The average Bonchev–Trinajstić information content (AvgIpc) is 2.59. The quantitative estimate of drug-likeness (QED) is 0.784. The zero-order chi connectivity index (χ0) is 15.9. The lowest BCUT2D eigenvalue weighted by Gasteiger charge is -2.12. The Morgan fingerprint density at radius 3 is 1.82 bits per heavy atom. The fourth-order valence-corrected chi connectivity index (χ4v) is 2.37. The van der Waals surface area contributed by atoms with E-state index in [0.29, 0.717) is 0 Å². The molecule has 0 spiro atoms. The number of ether oxygens (including phenoxy) is 4. The largest absolute Gasteiger partial charge is 0.497 e. The summed E-state index contributed by atoms with van der Waals surface area (Å²) in [6.45, 7) is 0. The first kappa shape index (κ1) is 16.0. The zero-order valence-corrected chi connectivity index (χ0v) is 13.5. The molecule has 0 aliphatic carbocycles. The molecule has 0 aliphatic heterocycles. The molecule has 0 bridgehead atoms. The van der Waals surface area contributed by atoms with Gasteiger partial charge in [0, 0.05) is 6.07 Å². The maximum Gasteiger partial charge on any atom is 0.122 e. The van der Waals surface area contributed by atoms with E-state index in [9.17, 15) is 0 Å². The molecule has 0 fully saturated rings. The summed E-state index contributed by atoms with van der Waals surface area (Å²) >= 11 is 0. The Morgan fingerprint density at radius 1 is 0.636 bits per heavy atom. The standard InChI is InChI=1S/C18H22O4/c1-19-15-7-8-18(22-4)14(11-15)6-5-13-9-16(20-2)12-17(10-13)21-3/h7-12H,5-6H2,1-4H3. The fraction of sp³-hybridized carbons (Fsp3) is 0.333. The summed E-state index contributed by atoms with van der Waals surface area (Å²) in [5, 5.41) is 0. The summed E-state index contributed by atoms with van der Waals surface area (Å²) in [7, 11) is 6.66. The lowest BCUT2D eigenvalue weighted by atomic mass is 10.0. The van der Waals surface area contributed by atoms with Crippen molar-refractivity contribution < 1.29 is 18.9 Å². The number of benzene rings is 2. The Hall–Kier alpha value is -2.36. The van der Waals surface area contributed by atoms with Crippen LogP contribution in [-0.4, -0.2) is 28.4 Å². The monoisotopic (exact) mass is 302 g/mol. The summed E-state index contributed by atoms with van der Waals surface area (Å²) in [5.74, 6) is 3.30. The molecule has 0 radical (unpaired) electrons. The van der Waals surface area contributed by atoms with E-state index in [0.717, 1.165) is 47.0 Å². The highest BCUT2D eigenvalue weighted by Crippen LogP contribution is 2.27. The fourth-order valence-electron chi connectivity index (χ4n) is 2.37. The van der Waals surface area contributed by atoms with Crippen LogP contribution in [0.15, 0.2) is 36.4 Å². The van der Waals surface area contributed by atoms with Gasteiger partial charge in [0.25, 0.3) is 0 Å². The molecule has 0 amide bonds. The van der Waals surface area contributed by atoms with Crippen LogP contribution in [0.4, 0.5) is 0 Å². The molecule has 0 unspecified atom stereocenters. The molecule has 4 nitrogen and oxygen atoms in total. The minimum atomic E-state index is 0.798. The van der Waals surface area contributed by atoms with E-state index < -0.39 is 0 Å². The van der Waals surface area contributed by atoms with Crippen LogP contribution >= 0.6 is 0 Å². The van der Waals surface area contributed by atoms with Gasteiger partial charge in [0.15, 0.2) is 0 Å². The molecule has 0 atom stereocenters. The van der Waals surface area contributed by atoms with Gasteiger partial charge in [-0.2, -0.15) is 0 Å². The van der Waals surface area contributed by atoms with Crippen LogP contribution in [0.2, 0.25) is 0 Å². The Kier molecular flexibility index (Phi) is 5.53. The highest BCUT2D eigenvalue weighted by molar-refractivity contribution is 5.42. The highest BCUT2D eigenvalue weighted by Gasteiger charge is 2.07. The van der Waals surface area contributed by atoms with Gasteiger partial charge in [-0.15, -0.1) is 0 Å². The van der Waals surface area contributed by atoms with Gasteiger partial charge in [-0.3, -0.25) is 0 Å². The van der Waals surface area contributed by atoms with Crippen LogP contribution < -0.4 is 18.9 Å². The van der Waals surface area contributed by atoms with Crippen molar-refractivity contribution in [2.24, 2.45) is 0 Å². The van der Waals surface area contributed by atoms with E-state index in [1.54, 1.807) is 28.4 Å². The third kappa shape index (κ3) is 3.85. The Morgan fingerprint density at radius 2 is 1.27 bits per heavy atom. The van der Waals surface area contributed by atoms with Crippen molar-refractivity contribution in [1.82, 2.24) is 0 Å². The van der Waals surface area contributed by atoms with Gasteiger partial charge in [0.05, 0.1) is 28.4 Å². The maximum atomic E-state index is 5.42. The molecule has 22 heavy (non-hydrogen) atoms. The lowest BCUT2D eigenvalue weighted by Crippen LogP contribution is -1.98. The van der Waals surface area contributed by atoms with Crippen LogP contribution in [0.25, 0.3) is 0 Å². The number of rotatable bonds is 7. The van der Waals surface area contributed by atoms with Crippen LogP contribution in [-0.2, 0) is 12.8 Å². The first-order valence-electron chi connectivity index (χ1n) is 7.13. The molecule has 2 aromatic carbocycles. The summed E-state index contributed by atoms with van der Waals surface area (Å²) in [6, 6.07) is 11.8. The normalized spacial score (nSPS) is 10.2. The van der Waals surface area contributed by atoms with E-state index in [2.05, 4.69) is 0 Å². The summed E-state index contributed by atoms with van der Waals surface area (Å²) < 4.78 is 21.3. The van der Waals surface area contributed by atoms with Crippen molar-refractivity contribution in [2.45, 2.75) is 12.8 Å². The summed E-state index contributed by atoms with van der Waals surface area (Å²) in [6.07, 6.45) is 1.70. The third-order valence-electron chi connectivity index (χ3n) is 3.58. The van der Waals surface area contributed by atoms with Crippen molar-refractivity contribution in [3.05, 3.63) is 47.5 Å². The van der Waals surface area contributed by atoms with E-state index in [4.69, 9.17) is 18.9 Å². The van der Waals surface area contributed by atoms with E-state index in [1.807, 2.05) is 36.4 Å². The molecule has 0 N–H and O–H groups in total. The summed E-state index contributed by atoms with van der Waals surface area (Å²) in [4.78, 5) is 0. The molecule has 0 aliphatic rings.